The lowest BCUT2D eigenvalue weighted by Gasteiger charge is -2.14. The van der Waals surface area contributed by atoms with Gasteiger partial charge in [0.05, 0.1) is 13.2 Å². The number of nitrogens with zero attached hydrogens (tertiary/aromatic N) is 4. The van der Waals surface area contributed by atoms with E-state index in [9.17, 15) is 0 Å². The minimum atomic E-state index is 0.558. The van der Waals surface area contributed by atoms with E-state index in [1.165, 1.54) is 11.9 Å². The first-order valence-corrected chi connectivity index (χ1v) is 7.63. The molecule has 0 amide bonds. The second-order valence-corrected chi connectivity index (χ2v) is 5.12. The normalized spacial score (nSPS) is 11.4. The van der Waals surface area contributed by atoms with Gasteiger partial charge < -0.3 is 15.4 Å². The van der Waals surface area contributed by atoms with E-state index in [4.69, 9.17) is 4.74 Å². The lowest BCUT2D eigenvalue weighted by Crippen LogP contribution is -2.37. The van der Waals surface area contributed by atoms with Gasteiger partial charge in [-0.05, 0) is 25.5 Å². The van der Waals surface area contributed by atoms with E-state index >= 15 is 0 Å². The first-order valence-electron chi connectivity index (χ1n) is 7.63. The Morgan fingerprint density at radius 3 is 2.74 bits per heavy atom. The van der Waals surface area contributed by atoms with E-state index in [1.54, 1.807) is 11.7 Å². The summed E-state index contributed by atoms with van der Waals surface area (Å²) in [6.07, 6.45) is 1.54. The van der Waals surface area contributed by atoms with Gasteiger partial charge in [0.25, 0.3) is 0 Å². The van der Waals surface area contributed by atoms with Crippen LogP contribution in [0.25, 0.3) is 0 Å². The molecule has 1 aromatic carbocycles. The largest absolute Gasteiger partial charge is 0.494 e. The number of hydrogen-bond acceptors (Lipinski definition) is 4. The molecule has 0 aliphatic heterocycles. The minimum absolute atomic E-state index is 0.558. The number of benzene rings is 1. The number of rotatable bonds is 6. The molecule has 124 valence electrons. The van der Waals surface area contributed by atoms with Gasteiger partial charge in [-0.2, -0.15) is 5.10 Å². The van der Waals surface area contributed by atoms with Crippen LogP contribution in [0.5, 0.6) is 5.75 Å². The monoisotopic (exact) mass is 316 g/mol. The number of aryl methyl sites for hydroxylation is 2. The lowest BCUT2D eigenvalue weighted by atomic mass is 10.1. The van der Waals surface area contributed by atoms with Crippen molar-refractivity contribution in [3.05, 3.63) is 41.5 Å². The Bertz CT molecular complexity index is 664. The van der Waals surface area contributed by atoms with Crippen molar-refractivity contribution in [3.63, 3.8) is 0 Å². The van der Waals surface area contributed by atoms with E-state index in [0.717, 1.165) is 17.1 Å². The fourth-order valence-electron chi connectivity index (χ4n) is 2.14. The average Bonchev–Trinajstić information content (AvgIpc) is 2.95. The highest BCUT2D eigenvalue weighted by Crippen LogP contribution is 2.20. The number of guanidine groups is 1. The van der Waals surface area contributed by atoms with Gasteiger partial charge in [-0.1, -0.05) is 12.1 Å². The molecule has 0 unspecified atom stereocenters. The maximum absolute atomic E-state index is 5.70. The van der Waals surface area contributed by atoms with Crippen LogP contribution in [0.1, 0.15) is 23.9 Å². The summed E-state index contributed by atoms with van der Waals surface area (Å²) < 4.78 is 7.43. The third-order valence-electron chi connectivity index (χ3n) is 3.41. The van der Waals surface area contributed by atoms with Gasteiger partial charge in [-0.15, -0.1) is 0 Å². The van der Waals surface area contributed by atoms with Gasteiger partial charge in [0.2, 0.25) is 0 Å². The molecule has 0 aliphatic carbocycles. The summed E-state index contributed by atoms with van der Waals surface area (Å²) in [5.74, 6) is 2.46. The van der Waals surface area contributed by atoms with Crippen LogP contribution in [0.2, 0.25) is 0 Å². The van der Waals surface area contributed by atoms with Crippen LogP contribution in [0.15, 0.2) is 29.5 Å². The number of aromatic nitrogens is 3. The van der Waals surface area contributed by atoms with Gasteiger partial charge in [-0.25, -0.2) is 4.98 Å². The lowest BCUT2D eigenvalue weighted by molar-refractivity contribution is 0.336. The van der Waals surface area contributed by atoms with Crippen LogP contribution in [0, 0.1) is 6.92 Å². The van der Waals surface area contributed by atoms with Crippen molar-refractivity contribution in [1.82, 2.24) is 25.4 Å². The zero-order chi connectivity index (χ0) is 16.7. The zero-order valence-corrected chi connectivity index (χ0v) is 14.1. The molecule has 0 saturated heterocycles. The maximum atomic E-state index is 5.70. The molecule has 0 atom stereocenters. The van der Waals surface area contributed by atoms with Crippen molar-refractivity contribution in [2.45, 2.75) is 26.9 Å². The van der Waals surface area contributed by atoms with Gasteiger partial charge in [0.1, 0.15) is 17.9 Å². The summed E-state index contributed by atoms with van der Waals surface area (Å²) in [4.78, 5) is 8.40. The summed E-state index contributed by atoms with van der Waals surface area (Å²) in [5, 5.41) is 10.6. The highest BCUT2D eigenvalue weighted by atomic mass is 16.5. The standard InChI is InChI=1S/C16H24N6O/c1-5-23-14-8-12(2)6-7-13(14)9-18-16(17-3)19-10-15-20-11-21-22(15)4/h6-8,11H,5,9-10H2,1-4H3,(H2,17,18,19). The van der Waals surface area contributed by atoms with E-state index in [2.05, 4.69) is 50.8 Å². The molecule has 0 fully saturated rings. The van der Waals surface area contributed by atoms with Crippen LogP contribution < -0.4 is 15.4 Å². The Kier molecular flexibility index (Phi) is 5.96. The summed E-state index contributed by atoms with van der Waals surface area (Å²) in [6, 6.07) is 6.20. The van der Waals surface area contributed by atoms with Crippen molar-refractivity contribution in [1.29, 1.82) is 0 Å². The molecule has 7 nitrogen and oxygen atoms in total. The quantitative estimate of drug-likeness (QED) is 0.622. The van der Waals surface area contributed by atoms with E-state index < -0.39 is 0 Å². The zero-order valence-electron chi connectivity index (χ0n) is 14.1. The van der Waals surface area contributed by atoms with E-state index in [1.807, 2.05) is 14.0 Å². The molecule has 0 bridgehead atoms. The van der Waals surface area contributed by atoms with Gasteiger partial charge >= 0.3 is 0 Å². The summed E-state index contributed by atoms with van der Waals surface area (Å²) in [5.41, 5.74) is 2.28. The van der Waals surface area contributed by atoms with Crippen LogP contribution in [-0.2, 0) is 20.1 Å². The van der Waals surface area contributed by atoms with Gasteiger partial charge in [0, 0.05) is 26.2 Å². The van der Waals surface area contributed by atoms with E-state index in [-0.39, 0.29) is 0 Å². The molecule has 0 aliphatic rings. The van der Waals surface area contributed by atoms with Crippen LogP contribution in [-0.4, -0.2) is 34.4 Å². The van der Waals surface area contributed by atoms with Crippen molar-refractivity contribution in [2.75, 3.05) is 13.7 Å². The molecule has 2 N–H and O–H groups in total. The highest BCUT2D eigenvalue weighted by molar-refractivity contribution is 5.79. The number of ether oxygens (including phenoxy) is 1. The number of aliphatic imine (C=N–C) groups is 1. The van der Waals surface area contributed by atoms with Gasteiger partial charge in [0.15, 0.2) is 5.96 Å². The molecular formula is C16H24N6O. The Hall–Kier alpha value is -2.57. The SMILES string of the molecule is CCOc1cc(C)ccc1CNC(=NC)NCc1ncnn1C. The maximum Gasteiger partial charge on any atom is 0.191 e. The van der Waals surface area contributed by atoms with Crippen molar-refractivity contribution >= 4 is 5.96 Å². The third kappa shape index (κ3) is 4.70. The smallest absolute Gasteiger partial charge is 0.191 e. The molecule has 2 rings (SSSR count). The molecule has 23 heavy (non-hydrogen) atoms. The fourth-order valence-corrected chi connectivity index (χ4v) is 2.14. The number of nitrogens with one attached hydrogen (secondary N) is 2. The summed E-state index contributed by atoms with van der Waals surface area (Å²) in [6.45, 7) is 5.88. The first-order chi connectivity index (χ1) is 11.1. The van der Waals surface area contributed by atoms with E-state index in [0.29, 0.717) is 25.7 Å². The Morgan fingerprint density at radius 1 is 1.30 bits per heavy atom. The molecule has 1 heterocycles. The van der Waals surface area contributed by atoms with Crippen LogP contribution in [0.3, 0.4) is 0 Å². The molecular weight excluding hydrogens is 292 g/mol. The molecule has 0 saturated carbocycles. The second kappa shape index (κ2) is 8.17. The third-order valence-corrected chi connectivity index (χ3v) is 3.41. The van der Waals surface area contributed by atoms with Crippen molar-refractivity contribution in [2.24, 2.45) is 12.0 Å². The van der Waals surface area contributed by atoms with Crippen molar-refractivity contribution < 1.29 is 4.74 Å². The molecule has 0 spiro atoms. The topological polar surface area (TPSA) is 76.4 Å². The van der Waals surface area contributed by atoms with Crippen molar-refractivity contribution in [3.8, 4) is 5.75 Å². The Morgan fingerprint density at radius 2 is 2.09 bits per heavy atom. The highest BCUT2D eigenvalue weighted by Gasteiger charge is 2.06. The molecule has 1 aromatic heterocycles. The predicted octanol–water partition coefficient (Wildman–Crippen LogP) is 1.39. The summed E-state index contributed by atoms with van der Waals surface area (Å²) in [7, 11) is 3.60. The fraction of sp³-hybridized carbons (Fsp3) is 0.438. The molecule has 7 heteroatoms. The molecule has 2 aromatic rings. The number of hydrogen-bond donors (Lipinski definition) is 2. The first kappa shape index (κ1) is 16.8. The Labute approximate surface area is 136 Å². The Balaban J connectivity index is 1.94. The van der Waals surface area contributed by atoms with Crippen LogP contribution >= 0.6 is 0 Å². The minimum Gasteiger partial charge on any atom is -0.494 e. The van der Waals surface area contributed by atoms with Gasteiger partial charge in [-0.3, -0.25) is 9.67 Å². The predicted molar refractivity (Wildman–Crippen MR) is 90.4 cm³/mol. The second-order valence-electron chi connectivity index (χ2n) is 5.12. The summed E-state index contributed by atoms with van der Waals surface area (Å²) >= 11 is 0. The van der Waals surface area contributed by atoms with Crippen LogP contribution in [0.4, 0.5) is 0 Å². The molecule has 0 radical (unpaired) electrons. The average molecular weight is 316 g/mol.